The molecule has 2 atom stereocenters. The van der Waals surface area contributed by atoms with E-state index in [1.807, 2.05) is 0 Å². The number of benzene rings is 2. The summed E-state index contributed by atoms with van der Waals surface area (Å²) in [5, 5.41) is 0. The predicted octanol–water partition coefficient (Wildman–Crippen LogP) is 11.8. The van der Waals surface area contributed by atoms with Crippen LogP contribution in [0.25, 0.3) is 11.1 Å². The second-order valence-electron chi connectivity index (χ2n) is 12.7. The van der Waals surface area contributed by atoms with Crippen LogP contribution in [-0.2, 0) is 0 Å². The molecule has 4 rings (SSSR count). The third kappa shape index (κ3) is 9.17. The van der Waals surface area contributed by atoms with Gasteiger partial charge in [-0.2, -0.15) is 0 Å². The first kappa shape index (κ1) is 29.2. The topological polar surface area (TPSA) is 9.23 Å². The van der Waals surface area contributed by atoms with E-state index in [0.717, 1.165) is 36.0 Å². The Hall–Kier alpha value is -1.76. The van der Waals surface area contributed by atoms with Gasteiger partial charge in [-0.15, -0.1) is 0 Å². The predicted molar refractivity (Wildman–Crippen MR) is 165 cm³/mol. The van der Waals surface area contributed by atoms with Crippen LogP contribution < -0.4 is 4.74 Å². The maximum atomic E-state index is 6.16. The van der Waals surface area contributed by atoms with Crippen LogP contribution in [0, 0.1) is 17.8 Å². The molecule has 0 amide bonds. The van der Waals surface area contributed by atoms with Crippen molar-refractivity contribution in [3.63, 3.8) is 0 Å². The third-order valence-electron chi connectivity index (χ3n) is 9.87. The third-order valence-corrected chi connectivity index (χ3v) is 9.87. The fourth-order valence-electron chi connectivity index (χ4n) is 7.40. The van der Waals surface area contributed by atoms with E-state index in [0.29, 0.717) is 0 Å². The molecule has 2 fully saturated rings. The Balaban J connectivity index is 1.18. The highest BCUT2D eigenvalue weighted by Crippen LogP contribution is 2.39. The van der Waals surface area contributed by atoms with Crippen LogP contribution >= 0.6 is 0 Å². The molecule has 210 valence electrons. The second-order valence-corrected chi connectivity index (χ2v) is 12.7. The van der Waals surface area contributed by atoms with Gasteiger partial charge in [0.15, 0.2) is 0 Å². The largest absolute Gasteiger partial charge is 0.494 e. The summed E-state index contributed by atoms with van der Waals surface area (Å²) < 4.78 is 6.16. The highest BCUT2D eigenvalue weighted by atomic mass is 16.5. The molecule has 2 unspecified atom stereocenters. The first-order chi connectivity index (χ1) is 18.8. The summed E-state index contributed by atoms with van der Waals surface area (Å²) in [6, 6.07) is 18.2. The normalized spacial score (nSPS) is 23.8. The average Bonchev–Trinajstić information content (AvgIpc) is 2.97. The van der Waals surface area contributed by atoms with Crippen LogP contribution in [0.1, 0.15) is 141 Å². The van der Waals surface area contributed by atoms with Crippen LogP contribution in [0.5, 0.6) is 5.75 Å². The van der Waals surface area contributed by atoms with Crippen LogP contribution in [0.2, 0.25) is 0 Å². The molecular formula is C37H56O. The summed E-state index contributed by atoms with van der Waals surface area (Å²) in [7, 11) is 0. The van der Waals surface area contributed by atoms with Crippen molar-refractivity contribution in [2.45, 2.75) is 135 Å². The van der Waals surface area contributed by atoms with E-state index in [9.17, 15) is 0 Å². The van der Waals surface area contributed by atoms with Crippen LogP contribution in [0.3, 0.4) is 0 Å². The zero-order valence-corrected chi connectivity index (χ0v) is 24.8. The highest BCUT2D eigenvalue weighted by Gasteiger charge is 2.24. The van der Waals surface area contributed by atoms with Crippen molar-refractivity contribution < 1.29 is 4.74 Å². The lowest BCUT2D eigenvalue weighted by atomic mass is 9.74. The zero-order chi connectivity index (χ0) is 26.4. The summed E-state index contributed by atoms with van der Waals surface area (Å²) in [6.45, 7) is 5.48. The molecule has 2 aliphatic carbocycles. The van der Waals surface area contributed by atoms with Crippen LogP contribution in [0.4, 0.5) is 0 Å². The van der Waals surface area contributed by atoms with E-state index >= 15 is 0 Å². The van der Waals surface area contributed by atoms with Crippen molar-refractivity contribution >= 4 is 0 Å². The summed E-state index contributed by atoms with van der Waals surface area (Å²) in [5.74, 6) is 4.69. The SMILES string of the molecule is CCCCCC1CCC(c2ccc(-c3ccc(OCCCC4CCCCC4CCCCC)cc3)cc2)CC1. The molecule has 0 aromatic heterocycles. The Kier molecular flexibility index (Phi) is 12.6. The fraction of sp³-hybridized carbons (Fsp3) is 0.676. The maximum Gasteiger partial charge on any atom is 0.119 e. The summed E-state index contributed by atoms with van der Waals surface area (Å²) in [5.41, 5.74) is 4.16. The Morgan fingerprint density at radius 3 is 1.74 bits per heavy atom. The van der Waals surface area contributed by atoms with Crippen molar-refractivity contribution in [3.05, 3.63) is 54.1 Å². The van der Waals surface area contributed by atoms with Gasteiger partial charge >= 0.3 is 0 Å². The molecule has 0 radical (unpaired) electrons. The molecule has 0 N–H and O–H groups in total. The molecule has 0 aliphatic heterocycles. The van der Waals surface area contributed by atoms with Gasteiger partial charge in [-0.25, -0.2) is 0 Å². The zero-order valence-electron chi connectivity index (χ0n) is 24.8. The minimum atomic E-state index is 0.766. The van der Waals surface area contributed by atoms with E-state index in [4.69, 9.17) is 4.74 Å². The standard InChI is InChI=1S/C37H56O/c1-3-5-7-12-30-17-19-33(20-18-30)34-21-23-35(24-22-34)36-25-27-37(28-26-36)38-29-11-16-32-15-10-9-14-31(32)13-8-6-4-2/h21-28,30-33H,3-20,29H2,1-2H3. The van der Waals surface area contributed by atoms with Gasteiger partial charge in [-0.3, -0.25) is 0 Å². The van der Waals surface area contributed by atoms with Gasteiger partial charge in [-0.1, -0.05) is 127 Å². The molecule has 0 bridgehead atoms. The molecule has 2 aromatic carbocycles. The Bertz CT molecular complexity index is 874. The van der Waals surface area contributed by atoms with E-state index in [1.54, 1.807) is 5.56 Å². The van der Waals surface area contributed by atoms with Gasteiger partial charge in [0.1, 0.15) is 5.75 Å². The van der Waals surface area contributed by atoms with Gasteiger partial charge < -0.3 is 4.74 Å². The molecule has 1 heteroatoms. The Morgan fingerprint density at radius 1 is 0.579 bits per heavy atom. The number of hydrogen-bond donors (Lipinski definition) is 0. The highest BCUT2D eigenvalue weighted by molar-refractivity contribution is 5.64. The minimum Gasteiger partial charge on any atom is -0.494 e. The van der Waals surface area contributed by atoms with Crippen molar-refractivity contribution in [2.75, 3.05) is 6.61 Å². The first-order valence-electron chi connectivity index (χ1n) is 16.6. The van der Waals surface area contributed by atoms with Gasteiger partial charge in [-0.05, 0) is 91.0 Å². The van der Waals surface area contributed by atoms with Gasteiger partial charge in [0, 0.05) is 0 Å². The number of unbranched alkanes of at least 4 members (excludes halogenated alkanes) is 4. The quantitative estimate of drug-likeness (QED) is 0.214. The van der Waals surface area contributed by atoms with E-state index < -0.39 is 0 Å². The van der Waals surface area contributed by atoms with E-state index in [-0.39, 0.29) is 0 Å². The molecule has 38 heavy (non-hydrogen) atoms. The van der Waals surface area contributed by atoms with Crippen molar-refractivity contribution in [2.24, 2.45) is 17.8 Å². The fourth-order valence-corrected chi connectivity index (χ4v) is 7.40. The number of hydrogen-bond acceptors (Lipinski definition) is 1. The lowest BCUT2D eigenvalue weighted by molar-refractivity contribution is 0.190. The van der Waals surface area contributed by atoms with Crippen LogP contribution in [0.15, 0.2) is 48.5 Å². The molecule has 0 saturated heterocycles. The van der Waals surface area contributed by atoms with Gasteiger partial charge in [0.25, 0.3) is 0 Å². The average molecular weight is 517 g/mol. The van der Waals surface area contributed by atoms with Crippen LogP contribution in [-0.4, -0.2) is 6.61 Å². The van der Waals surface area contributed by atoms with Crippen molar-refractivity contribution in [1.82, 2.24) is 0 Å². The van der Waals surface area contributed by atoms with Crippen molar-refractivity contribution in [3.8, 4) is 16.9 Å². The summed E-state index contributed by atoms with van der Waals surface area (Å²) in [4.78, 5) is 0. The van der Waals surface area contributed by atoms with Gasteiger partial charge in [0.05, 0.1) is 6.61 Å². The number of rotatable bonds is 15. The Labute approximate surface area is 235 Å². The number of ether oxygens (including phenoxy) is 1. The lowest BCUT2D eigenvalue weighted by Crippen LogP contribution is -2.20. The molecule has 2 aliphatic rings. The maximum absolute atomic E-state index is 6.16. The minimum absolute atomic E-state index is 0.766. The monoisotopic (exact) mass is 516 g/mol. The first-order valence-corrected chi connectivity index (χ1v) is 16.6. The molecule has 1 nitrogen and oxygen atoms in total. The molecule has 0 heterocycles. The van der Waals surface area contributed by atoms with Gasteiger partial charge in [0.2, 0.25) is 0 Å². The van der Waals surface area contributed by atoms with E-state index in [1.165, 1.54) is 127 Å². The molecule has 0 spiro atoms. The lowest BCUT2D eigenvalue weighted by Gasteiger charge is -2.31. The summed E-state index contributed by atoms with van der Waals surface area (Å²) in [6.07, 6.45) is 25.3. The second kappa shape index (κ2) is 16.4. The molecular weight excluding hydrogens is 460 g/mol. The summed E-state index contributed by atoms with van der Waals surface area (Å²) >= 11 is 0. The molecule has 2 saturated carbocycles. The Morgan fingerprint density at radius 2 is 1.13 bits per heavy atom. The van der Waals surface area contributed by atoms with Crippen molar-refractivity contribution in [1.29, 1.82) is 0 Å². The molecule has 2 aromatic rings. The smallest absolute Gasteiger partial charge is 0.119 e. The van der Waals surface area contributed by atoms with E-state index in [2.05, 4.69) is 62.4 Å².